The molecule has 0 radical (unpaired) electrons. The van der Waals surface area contributed by atoms with Gasteiger partial charge in [0.15, 0.2) is 0 Å². The van der Waals surface area contributed by atoms with Crippen molar-refractivity contribution >= 4 is 5.78 Å². The number of nitrogens with zero attached hydrogens (tertiary/aromatic N) is 4. The highest BCUT2D eigenvalue weighted by atomic mass is 16.5. The minimum atomic E-state index is -0.0278. The number of Topliss-reactive ketones (excluding diaryl/α,β-unsaturated/α-hetero) is 1. The first-order valence-corrected chi connectivity index (χ1v) is 4.76. The maximum atomic E-state index is 10.8. The summed E-state index contributed by atoms with van der Waals surface area (Å²) in [5, 5.41) is 3.71. The molecule has 0 saturated heterocycles. The minimum Gasteiger partial charge on any atom is -0.338 e. The van der Waals surface area contributed by atoms with Crippen LogP contribution in [0.4, 0.5) is 0 Å². The maximum absolute atomic E-state index is 10.8. The second-order valence-corrected chi connectivity index (χ2v) is 3.47. The van der Waals surface area contributed by atoms with Crippen molar-refractivity contribution in [1.82, 2.24) is 20.1 Å². The molecular weight excluding hydrogens is 208 g/mol. The molecule has 0 aliphatic carbocycles. The third-order valence-corrected chi connectivity index (χ3v) is 1.85. The third-order valence-electron chi connectivity index (χ3n) is 1.85. The molecule has 6 heteroatoms. The molecule has 0 aliphatic heterocycles. The predicted octanol–water partition coefficient (Wildman–Crippen LogP) is 0.967. The van der Waals surface area contributed by atoms with Gasteiger partial charge < -0.3 is 4.52 Å². The fourth-order valence-electron chi connectivity index (χ4n) is 1.14. The van der Waals surface area contributed by atoms with Crippen LogP contribution in [0.1, 0.15) is 18.4 Å². The van der Waals surface area contributed by atoms with Crippen molar-refractivity contribution in [1.29, 1.82) is 0 Å². The van der Waals surface area contributed by atoms with Crippen LogP contribution in [0.25, 0.3) is 11.6 Å². The lowest BCUT2D eigenvalue weighted by Crippen LogP contribution is -1.96. The van der Waals surface area contributed by atoms with Crippen LogP contribution in [-0.2, 0) is 11.2 Å². The summed E-state index contributed by atoms with van der Waals surface area (Å²) in [5.41, 5.74) is 0.955. The Balaban J connectivity index is 2.24. The second kappa shape index (κ2) is 4.18. The molecule has 6 nitrogen and oxygen atoms in total. The summed E-state index contributed by atoms with van der Waals surface area (Å²) in [6, 6.07) is 0. The number of hydrogen-bond donors (Lipinski definition) is 0. The molecule has 0 aromatic carbocycles. The second-order valence-electron chi connectivity index (χ2n) is 3.47. The number of hydrogen-bond acceptors (Lipinski definition) is 6. The molecule has 2 rings (SSSR count). The molecule has 0 fully saturated rings. The fourth-order valence-corrected chi connectivity index (χ4v) is 1.14. The zero-order valence-electron chi connectivity index (χ0n) is 8.97. The Morgan fingerprint density at radius 3 is 2.62 bits per heavy atom. The summed E-state index contributed by atoms with van der Waals surface area (Å²) in [5.74, 6) is 0.951. The molecule has 2 aromatic rings. The van der Waals surface area contributed by atoms with Crippen LogP contribution in [0.5, 0.6) is 0 Å². The first-order chi connectivity index (χ1) is 7.65. The molecule has 0 amide bonds. The SMILES string of the molecule is CC(=O)Cc1nc(-c2ncc(C)cn2)no1. The van der Waals surface area contributed by atoms with E-state index in [2.05, 4.69) is 20.1 Å². The van der Waals surface area contributed by atoms with Gasteiger partial charge in [-0.05, 0) is 19.4 Å². The highest BCUT2D eigenvalue weighted by molar-refractivity contribution is 5.77. The van der Waals surface area contributed by atoms with E-state index in [1.807, 2.05) is 6.92 Å². The van der Waals surface area contributed by atoms with E-state index in [0.717, 1.165) is 5.56 Å². The lowest BCUT2D eigenvalue weighted by Gasteiger charge is -1.92. The number of ketones is 1. The Morgan fingerprint density at radius 2 is 2.00 bits per heavy atom. The average molecular weight is 218 g/mol. The quantitative estimate of drug-likeness (QED) is 0.763. The van der Waals surface area contributed by atoms with Crippen molar-refractivity contribution in [2.45, 2.75) is 20.3 Å². The fraction of sp³-hybridized carbons (Fsp3) is 0.300. The number of aryl methyl sites for hydroxylation is 1. The summed E-state index contributed by atoms with van der Waals surface area (Å²) >= 11 is 0. The molecule has 16 heavy (non-hydrogen) atoms. The van der Waals surface area contributed by atoms with Crippen LogP contribution < -0.4 is 0 Å². The number of rotatable bonds is 3. The van der Waals surface area contributed by atoms with Gasteiger partial charge in [-0.3, -0.25) is 4.79 Å². The van der Waals surface area contributed by atoms with Crippen molar-refractivity contribution < 1.29 is 9.32 Å². The Kier molecular flexibility index (Phi) is 2.72. The van der Waals surface area contributed by atoms with Gasteiger partial charge in [0, 0.05) is 12.4 Å². The van der Waals surface area contributed by atoms with E-state index >= 15 is 0 Å². The van der Waals surface area contributed by atoms with E-state index in [1.54, 1.807) is 12.4 Å². The van der Waals surface area contributed by atoms with Gasteiger partial charge in [-0.25, -0.2) is 9.97 Å². The molecule has 0 saturated carbocycles. The van der Waals surface area contributed by atoms with Crippen molar-refractivity contribution in [2.75, 3.05) is 0 Å². The molecule has 2 heterocycles. The number of carbonyl (C=O) groups excluding carboxylic acids is 1. The summed E-state index contributed by atoms with van der Waals surface area (Å²) in [6.07, 6.45) is 3.48. The van der Waals surface area contributed by atoms with E-state index in [0.29, 0.717) is 11.6 Å². The normalized spacial score (nSPS) is 10.4. The summed E-state index contributed by atoms with van der Waals surface area (Å²) in [7, 11) is 0. The molecular formula is C10H10N4O2. The van der Waals surface area contributed by atoms with E-state index in [9.17, 15) is 4.79 Å². The summed E-state index contributed by atoms with van der Waals surface area (Å²) < 4.78 is 4.90. The van der Waals surface area contributed by atoms with Crippen molar-refractivity contribution in [3.63, 3.8) is 0 Å². The standard InChI is InChI=1S/C10H10N4O2/c1-6-4-11-9(12-5-6)10-13-8(16-14-10)3-7(2)15/h4-5H,3H2,1-2H3. The van der Waals surface area contributed by atoms with E-state index < -0.39 is 0 Å². The molecule has 2 aromatic heterocycles. The van der Waals surface area contributed by atoms with Crippen LogP contribution >= 0.6 is 0 Å². The van der Waals surface area contributed by atoms with Gasteiger partial charge in [0.2, 0.25) is 17.5 Å². The van der Waals surface area contributed by atoms with Gasteiger partial charge in [-0.2, -0.15) is 4.98 Å². The lowest BCUT2D eigenvalue weighted by atomic mass is 10.3. The van der Waals surface area contributed by atoms with Gasteiger partial charge in [-0.1, -0.05) is 5.16 Å². The van der Waals surface area contributed by atoms with Crippen LogP contribution in [-0.4, -0.2) is 25.9 Å². The molecule has 0 atom stereocenters. The summed E-state index contributed by atoms with van der Waals surface area (Å²) in [6.45, 7) is 3.35. The Bertz CT molecular complexity index is 504. The number of aromatic nitrogens is 4. The molecule has 0 N–H and O–H groups in total. The highest BCUT2D eigenvalue weighted by Gasteiger charge is 2.11. The van der Waals surface area contributed by atoms with Crippen LogP contribution in [0.15, 0.2) is 16.9 Å². The van der Waals surface area contributed by atoms with Gasteiger partial charge >= 0.3 is 0 Å². The van der Waals surface area contributed by atoms with Crippen LogP contribution in [0.3, 0.4) is 0 Å². The van der Waals surface area contributed by atoms with Gasteiger partial charge in [-0.15, -0.1) is 0 Å². The molecule has 82 valence electrons. The monoisotopic (exact) mass is 218 g/mol. The van der Waals surface area contributed by atoms with E-state index in [4.69, 9.17) is 4.52 Å². The van der Waals surface area contributed by atoms with Crippen LogP contribution in [0.2, 0.25) is 0 Å². The van der Waals surface area contributed by atoms with Crippen molar-refractivity contribution in [3.05, 3.63) is 23.8 Å². The van der Waals surface area contributed by atoms with E-state index in [1.165, 1.54) is 6.92 Å². The Morgan fingerprint density at radius 1 is 1.31 bits per heavy atom. The topological polar surface area (TPSA) is 81.8 Å². The Labute approximate surface area is 91.7 Å². The van der Waals surface area contributed by atoms with E-state index in [-0.39, 0.29) is 18.1 Å². The zero-order chi connectivity index (χ0) is 11.5. The van der Waals surface area contributed by atoms with Gasteiger partial charge in [0.1, 0.15) is 5.78 Å². The minimum absolute atomic E-state index is 0.0278. The Hall–Kier alpha value is -2.11. The first kappa shape index (κ1) is 10.4. The van der Waals surface area contributed by atoms with Crippen molar-refractivity contribution in [3.8, 4) is 11.6 Å². The first-order valence-electron chi connectivity index (χ1n) is 4.76. The molecule has 0 bridgehead atoms. The van der Waals surface area contributed by atoms with Crippen LogP contribution in [0, 0.1) is 6.92 Å². The average Bonchev–Trinajstić information content (AvgIpc) is 2.66. The lowest BCUT2D eigenvalue weighted by molar-refractivity contribution is -0.116. The van der Waals surface area contributed by atoms with Crippen molar-refractivity contribution in [2.24, 2.45) is 0 Å². The number of carbonyl (C=O) groups is 1. The molecule has 0 spiro atoms. The third kappa shape index (κ3) is 2.28. The zero-order valence-corrected chi connectivity index (χ0v) is 8.97. The molecule has 0 aliphatic rings. The van der Waals surface area contributed by atoms with Gasteiger partial charge in [0.05, 0.1) is 6.42 Å². The van der Waals surface area contributed by atoms with Gasteiger partial charge in [0.25, 0.3) is 0 Å². The maximum Gasteiger partial charge on any atom is 0.240 e. The summed E-state index contributed by atoms with van der Waals surface area (Å²) in [4.78, 5) is 23.0. The largest absolute Gasteiger partial charge is 0.338 e. The predicted molar refractivity (Wildman–Crippen MR) is 54.4 cm³/mol. The smallest absolute Gasteiger partial charge is 0.240 e. The highest BCUT2D eigenvalue weighted by Crippen LogP contribution is 2.10. The molecule has 0 unspecified atom stereocenters.